The van der Waals surface area contributed by atoms with E-state index in [0.717, 1.165) is 37.3 Å². The second-order valence-electron chi connectivity index (χ2n) is 3.72. The molecule has 0 bridgehead atoms. The molecule has 82 valence electrons. The van der Waals surface area contributed by atoms with Gasteiger partial charge in [-0.05, 0) is 31.0 Å². The van der Waals surface area contributed by atoms with Crippen molar-refractivity contribution < 1.29 is 0 Å². The largest absolute Gasteiger partial charge is 0.343 e. The van der Waals surface area contributed by atoms with E-state index < -0.39 is 0 Å². The maximum Gasteiger partial charge on any atom is 0.101 e. The minimum Gasteiger partial charge on any atom is -0.343 e. The third kappa shape index (κ3) is 2.53. The molecule has 0 amide bonds. The first-order valence-electron chi connectivity index (χ1n) is 5.29. The topological polar surface area (TPSA) is 48.2 Å². The number of amidine groups is 1. The van der Waals surface area contributed by atoms with Gasteiger partial charge in [-0.3, -0.25) is 4.99 Å². The summed E-state index contributed by atoms with van der Waals surface area (Å²) >= 11 is 6.05. The molecule has 0 saturated heterocycles. The summed E-state index contributed by atoms with van der Waals surface area (Å²) < 4.78 is 0. The Kier molecular flexibility index (Phi) is 3.43. The fourth-order valence-corrected chi connectivity index (χ4v) is 1.81. The number of nitriles is 1. The molecule has 0 spiro atoms. The van der Waals surface area contributed by atoms with Crippen LogP contribution in [0.5, 0.6) is 0 Å². The van der Waals surface area contributed by atoms with Crippen molar-refractivity contribution in [3.63, 3.8) is 0 Å². The van der Waals surface area contributed by atoms with Gasteiger partial charge >= 0.3 is 0 Å². The summed E-state index contributed by atoms with van der Waals surface area (Å²) in [6.45, 7) is 0.873. The smallest absolute Gasteiger partial charge is 0.101 e. The molecule has 1 aliphatic rings. The van der Waals surface area contributed by atoms with Gasteiger partial charge in [-0.1, -0.05) is 11.6 Å². The molecule has 0 saturated carbocycles. The van der Waals surface area contributed by atoms with Gasteiger partial charge in [0.15, 0.2) is 0 Å². The van der Waals surface area contributed by atoms with E-state index in [1.54, 1.807) is 18.2 Å². The van der Waals surface area contributed by atoms with Crippen molar-refractivity contribution in [2.45, 2.75) is 19.3 Å². The first-order chi connectivity index (χ1) is 7.79. The summed E-state index contributed by atoms with van der Waals surface area (Å²) in [4.78, 5) is 4.39. The number of benzene rings is 1. The lowest BCUT2D eigenvalue weighted by Gasteiger charge is -2.14. The van der Waals surface area contributed by atoms with Gasteiger partial charge in [0.1, 0.15) is 5.84 Å². The van der Waals surface area contributed by atoms with E-state index >= 15 is 0 Å². The van der Waals surface area contributed by atoms with Crippen LogP contribution in [-0.4, -0.2) is 12.4 Å². The molecule has 3 nitrogen and oxygen atoms in total. The maximum atomic E-state index is 8.81. The van der Waals surface area contributed by atoms with Crippen molar-refractivity contribution in [1.82, 2.24) is 0 Å². The number of anilines is 1. The average Bonchev–Trinajstić information content (AvgIpc) is 2.33. The Morgan fingerprint density at radius 2 is 2.25 bits per heavy atom. The van der Waals surface area contributed by atoms with Crippen molar-refractivity contribution in [1.29, 1.82) is 5.26 Å². The Morgan fingerprint density at radius 1 is 1.38 bits per heavy atom. The molecular weight excluding hydrogens is 222 g/mol. The number of aliphatic imine (C=N–C) groups is 1. The zero-order chi connectivity index (χ0) is 11.4. The maximum absolute atomic E-state index is 8.81. The highest BCUT2D eigenvalue weighted by molar-refractivity contribution is 6.33. The van der Waals surface area contributed by atoms with E-state index in [0.29, 0.717) is 10.6 Å². The Morgan fingerprint density at radius 3 is 2.94 bits per heavy atom. The highest BCUT2D eigenvalue weighted by atomic mass is 35.5. The summed E-state index contributed by atoms with van der Waals surface area (Å²) in [5.41, 5.74) is 1.37. The van der Waals surface area contributed by atoms with Crippen molar-refractivity contribution in [2.75, 3.05) is 11.9 Å². The SMILES string of the molecule is N#Cc1ccc(Cl)c(NC2=NCCCC2)c1. The van der Waals surface area contributed by atoms with Gasteiger partial charge in [-0.25, -0.2) is 0 Å². The summed E-state index contributed by atoms with van der Waals surface area (Å²) in [5.74, 6) is 0.961. The van der Waals surface area contributed by atoms with E-state index in [4.69, 9.17) is 16.9 Å². The molecule has 0 atom stereocenters. The second-order valence-corrected chi connectivity index (χ2v) is 4.12. The van der Waals surface area contributed by atoms with Crippen LogP contribution >= 0.6 is 11.6 Å². The lowest BCUT2D eigenvalue weighted by atomic mass is 10.1. The van der Waals surface area contributed by atoms with Crippen molar-refractivity contribution in [2.24, 2.45) is 4.99 Å². The van der Waals surface area contributed by atoms with Gasteiger partial charge < -0.3 is 5.32 Å². The molecule has 4 heteroatoms. The van der Waals surface area contributed by atoms with Crippen LogP contribution in [0, 0.1) is 11.3 Å². The zero-order valence-corrected chi connectivity index (χ0v) is 9.59. The fourth-order valence-electron chi connectivity index (χ4n) is 1.65. The molecule has 16 heavy (non-hydrogen) atoms. The molecule has 1 N–H and O–H groups in total. The molecule has 2 rings (SSSR count). The molecule has 0 unspecified atom stereocenters. The first-order valence-corrected chi connectivity index (χ1v) is 5.67. The van der Waals surface area contributed by atoms with Crippen LogP contribution in [0.1, 0.15) is 24.8 Å². The molecule has 1 aromatic carbocycles. The van der Waals surface area contributed by atoms with Crippen molar-refractivity contribution in [3.8, 4) is 6.07 Å². The Bertz CT molecular complexity index is 460. The van der Waals surface area contributed by atoms with Gasteiger partial charge in [-0.15, -0.1) is 0 Å². The number of nitrogens with one attached hydrogen (secondary N) is 1. The lowest BCUT2D eigenvalue weighted by Crippen LogP contribution is -2.16. The molecule has 1 aromatic rings. The van der Waals surface area contributed by atoms with Gasteiger partial charge in [0.2, 0.25) is 0 Å². The lowest BCUT2D eigenvalue weighted by molar-refractivity contribution is 0.737. The van der Waals surface area contributed by atoms with Gasteiger partial charge in [-0.2, -0.15) is 5.26 Å². The summed E-state index contributed by atoms with van der Waals surface area (Å²) in [5, 5.41) is 12.6. The van der Waals surface area contributed by atoms with E-state index in [1.165, 1.54) is 0 Å². The summed E-state index contributed by atoms with van der Waals surface area (Å²) in [6.07, 6.45) is 3.26. The first kappa shape index (κ1) is 11.0. The third-order valence-corrected chi connectivity index (χ3v) is 2.83. The number of rotatable bonds is 1. The van der Waals surface area contributed by atoms with Gasteiger partial charge in [0.25, 0.3) is 0 Å². The number of halogens is 1. The summed E-state index contributed by atoms with van der Waals surface area (Å²) in [7, 11) is 0. The highest BCUT2D eigenvalue weighted by Crippen LogP contribution is 2.23. The molecular formula is C12H12ClN3. The zero-order valence-electron chi connectivity index (χ0n) is 8.83. The quantitative estimate of drug-likeness (QED) is 0.810. The van der Waals surface area contributed by atoms with Crippen LogP contribution < -0.4 is 5.32 Å². The van der Waals surface area contributed by atoms with Crippen LogP contribution in [0.2, 0.25) is 5.02 Å². The monoisotopic (exact) mass is 233 g/mol. The highest BCUT2D eigenvalue weighted by Gasteiger charge is 2.08. The molecule has 1 heterocycles. The van der Waals surface area contributed by atoms with Crippen LogP contribution in [0.3, 0.4) is 0 Å². The molecule has 0 aliphatic carbocycles. The number of hydrogen-bond donors (Lipinski definition) is 1. The van der Waals surface area contributed by atoms with E-state index in [9.17, 15) is 0 Å². The van der Waals surface area contributed by atoms with Crippen LogP contribution in [0.4, 0.5) is 5.69 Å². The van der Waals surface area contributed by atoms with E-state index in [-0.39, 0.29) is 0 Å². The minimum absolute atomic E-state index is 0.600. The minimum atomic E-state index is 0.600. The average molecular weight is 234 g/mol. The molecule has 0 radical (unpaired) electrons. The third-order valence-electron chi connectivity index (χ3n) is 2.50. The second kappa shape index (κ2) is 5.00. The standard InChI is InChI=1S/C12H12ClN3/c13-10-5-4-9(8-14)7-11(10)16-12-3-1-2-6-15-12/h4-5,7H,1-3,6H2,(H,15,16). The Labute approximate surface area is 99.8 Å². The fraction of sp³-hybridized carbons (Fsp3) is 0.333. The van der Waals surface area contributed by atoms with E-state index in [2.05, 4.69) is 16.4 Å². The van der Waals surface area contributed by atoms with Crippen molar-refractivity contribution in [3.05, 3.63) is 28.8 Å². The number of nitrogens with zero attached hydrogens (tertiary/aromatic N) is 2. The van der Waals surface area contributed by atoms with E-state index in [1.807, 2.05) is 0 Å². The molecule has 0 aromatic heterocycles. The molecule has 0 fully saturated rings. The van der Waals surface area contributed by atoms with Crippen LogP contribution in [0.25, 0.3) is 0 Å². The van der Waals surface area contributed by atoms with Crippen LogP contribution in [0.15, 0.2) is 23.2 Å². The predicted molar refractivity (Wildman–Crippen MR) is 65.9 cm³/mol. The Hall–Kier alpha value is -1.53. The van der Waals surface area contributed by atoms with Crippen molar-refractivity contribution >= 4 is 23.1 Å². The Balaban J connectivity index is 2.20. The van der Waals surface area contributed by atoms with Crippen LogP contribution in [-0.2, 0) is 0 Å². The van der Waals surface area contributed by atoms with Gasteiger partial charge in [0, 0.05) is 13.0 Å². The summed E-state index contributed by atoms with van der Waals surface area (Å²) in [6, 6.07) is 7.28. The predicted octanol–water partition coefficient (Wildman–Crippen LogP) is 3.21. The normalized spacial score (nSPS) is 15.1. The number of hydrogen-bond acceptors (Lipinski definition) is 3. The van der Waals surface area contributed by atoms with Gasteiger partial charge in [0.05, 0.1) is 22.3 Å². The molecule has 1 aliphatic heterocycles.